The molecule has 0 heterocycles. The Hall–Kier alpha value is -0.720. The number of carbonyl (C=O) groups is 1. The minimum Gasteiger partial charge on any atom is -0.393 e. The van der Waals surface area contributed by atoms with Gasteiger partial charge in [0, 0.05) is 26.6 Å². The van der Waals surface area contributed by atoms with Crippen LogP contribution in [0, 0.1) is 5.92 Å². The Bertz CT molecular complexity index is 260. The summed E-state index contributed by atoms with van der Waals surface area (Å²) < 4.78 is 10.1. The number of nitrogens with two attached hydrogens (primary N) is 1. The third-order valence-corrected chi connectivity index (χ3v) is 2.43. The smallest absolute Gasteiger partial charge is 0.248 e. The van der Waals surface area contributed by atoms with Crippen molar-refractivity contribution in [2.45, 2.75) is 20.3 Å². The third-order valence-electron chi connectivity index (χ3n) is 2.22. The fourth-order valence-corrected chi connectivity index (χ4v) is 1.49. The predicted molar refractivity (Wildman–Crippen MR) is 75.5 cm³/mol. The lowest BCUT2D eigenvalue weighted by molar-refractivity contribution is -0.137. The molecule has 0 aliphatic carbocycles. The molecule has 0 rings (SSSR count). The number of rotatable bonds is 10. The summed E-state index contributed by atoms with van der Waals surface area (Å²) in [6.45, 7) is 6.36. The van der Waals surface area contributed by atoms with Crippen molar-refractivity contribution in [3.05, 3.63) is 0 Å². The first kappa shape index (κ1) is 17.3. The van der Waals surface area contributed by atoms with Crippen molar-refractivity contribution in [1.29, 1.82) is 0 Å². The fourth-order valence-electron chi connectivity index (χ4n) is 1.40. The summed E-state index contributed by atoms with van der Waals surface area (Å²) in [5.74, 6) is 0.371. The van der Waals surface area contributed by atoms with Crippen LogP contribution in [0.25, 0.3) is 0 Å². The molecule has 0 aromatic carbocycles. The number of hydrogen-bond donors (Lipinski definition) is 1. The molecule has 0 fully saturated rings. The molecular weight excluding hydrogens is 252 g/mol. The maximum absolute atomic E-state index is 11.9. The lowest BCUT2D eigenvalue weighted by atomic mass is 10.2. The molecule has 5 nitrogen and oxygen atoms in total. The zero-order valence-corrected chi connectivity index (χ0v) is 12.3. The van der Waals surface area contributed by atoms with Crippen LogP contribution in [-0.4, -0.2) is 55.8 Å². The lowest BCUT2D eigenvalue weighted by Gasteiger charge is -2.24. The second-order valence-electron chi connectivity index (χ2n) is 4.50. The molecule has 0 saturated heterocycles. The molecule has 1 amide bonds. The Morgan fingerprint density at radius 2 is 2.06 bits per heavy atom. The van der Waals surface area contributed by atoms with Gasteiger partial charge in [0.05, 0.1) is 18.2 Å². The number of hydrogen-bond acceptors (Lipinski definition) is 4. The number of nitrogens with zero attached hydrogens (tertiary/aromatic N) is 1. The minimum absolute atomic E-state index is 0.0314. The highest BCUT2D eigenvalue weighted by atomic mass is 32.1. The average molecular weight is 276 g/mol. The van der Waals surface area contributed by atoms with Crippen molar-refractivity contribution < 1.29 is 14.3 Å². The van der Waals surface area contributed by atoms with Crippen LogP contribution in [0.4, 0.5) is 0 Å². The van der Waals surface area contributed by atoms with E-state index in [4.69, 9.17) is 27.4 Å². The highest BCUT2D eigenvalue weighted by Gasteiger charge is 2.15. The maximum Gasteiger partial charge on any atom is 0.248 e. The molecule has 0 bridgehead atoms. The third kappa shape index (κ3) is 9.32. The fraction of sp³-hybridized carbons (Fsp3) is 0.833. The van der Waals surface area contributed by atoms with Crippen LogP contribution in [0.3, 0.4) is 0 Å². The highest BCUT2D eigenvalue weighted by Crippen LogP contribution is 2.01. The molecule has 0 unspecified atom stereocenters. The molecule has 0 aromatic heterocycles. The Kier molecular flexibility index (Phi) is 9.82. The summed E-state index contributed by atoms with van der Waals surface area (Å²) in [7, 11) is 1.60. The molecule has 2 N–H and O–H groups in total. The van der Waals surface area contributed by atoms with Crippen molar-refractivity contribution in [3.8, 4) is 0 Å². The van der Waals surface area contributed by atoms with E-state index in [2.05, 4.69) is 13.8 Å². The SMILES string of the molecule is COCCOCC(=O)N(CCC(N)=S)CC(C)C. The number of amides is 1. The normalized spacial score (nSPS) is 10.7. The van der Waals surface area contributed by atoms with E-state index in [9.17, 15) is 4.79 Å². The van der Waals surface area contributed by atoms with E-state index in [1.807, 2.05) is 0 Å². The largest absolute Gasteiger partial charge is 0.393 e. The quantitative estimate of drug-likeness (QED) is 0.472. The molecule has 0 atom stereocenters. The molecule has 0 spiro atoms. The topological polar surface area (TPSA) is 64.8 Å². The molecule has 6 heteroatoms. The Balaban J connectivity index is 4.09. The Labute approximate surface area is 115 Å². The van der Waals surface area contributed by atoms with Crippen molar-refractivity contribution in [2.24, 2.45) is 11.7 Å². The monoisotopic (exact) mass is 276 g/mol. The Morgan fingerprint density at radius 1 is 1.39 bits per heavy atom. The van der Waals surface area contributed by atoms with E-state index in [0.29, 0.717) is 43.6 Å². The Morgan fingerprint density at radius 3 is 2.56 bits per heavy atom. The van der Waals surface area contributed by atoms with Crippen molar-refractivity contribution >= 4 is 23.1 Å². The molecule has 0 aliphatic rings. The van der Waals surface area contributed by atoms with Crippen molar-refractivity contribution in [3.63, 3.8) is 0 Å². The van der Waals surface area contributed by atoms with Crippen LogP contribution in [0.5, 0.6) is 0 Å². The van der Waals surface area contributed by atoms with Gasteiger partial charge in [0.1, 0.15) is 6.61 Å². The zero-order valence-electron chi connectivity index (χ0n) is 11.5. The van der Waals surface area contributed by atoms with Crippen LogP contribution in [-0.2, 0) is 14.3 Å². The first-order valence-corrected chi connectivity index (χ1v) is 6.51. The highest BCUT2D eigenvalue weighted by molar-refractivity contribution is 7.80. The predicted octanol–water partition coefficient (Wildman–Crippen LogP) is 0.810. The van der Waals surface area contributed by atoms with Gasteiger partial charge in [0.2, 0.25) is 5.91 Å². The van der Waals surface area contributed by atoms with Gasteiger partial charge < -0.3 is 20.1 Å². The summed E-state index contributed by atoms with van der Waals surface area (Å²) >= 11 is 4.83. The minimum atomic E-state index is -0.0314. The first-order chi connectivity index (χ1) is 8.47. The molecule has 0 aliphatic heterocycles. The van der Waals surface area contributed by atoms with E-state index < -0.39 is 0 Å². The van der Waals surface area contributed by atoms with Crippen molar-refractivity contribution in [1.82, 2.24) is 4.90 Å². The van der Waals surface area contributed by atoms with Crippen LogP contribution >= 0.6 is 12.2 Å². The van der Waals surface area contributed by atoms with Gasteiger partial charge in [-0.3, -0.25) is 4.79 Å². The molecular formula is C12H24N2O3S. The maximum atomic E-state index is 11.9. The van der Waals surface area contributed by atoms with Gasteiger partial charge in [-0.15, -0.1) is 0 Å². The van der Waals surface area contributed by atoms with E-state index in [-0.39, 0.29) is 12.5 Å². The average Bonchev–Trinajstić information content (AvgIpc) is 2.29. The molecule has 0 radical (unpaired) electrons. The van der Waals surface area contributed by atoms with E-state index in [0.717, 1.165) is 0 Å². The zero-order chi connectivity index (χ0) is 14.0. The van der Waals surface area contributed by atoms with Crippen LogP contribution in [0.2, 0.25) is 0 Å². The summed E-state index contributed by atoms with van der Waals surface area (Å²) in [6, 6.07) is 0. The standard InChI is InChI=1S/C12H24N2O3S/c1-10(2)8-14(5-4-11(13)18)12(15)9-17-7-6-16-3/h10H,4-9H2,1-3H3,(H2,13,18). The van der Waals surface area contributed by atoms with Crippen LogP contribution in [0.1, 0.15) is 20.3 Å². The van der Waals surface area contributed by atoms with E-state index in [1.165, 1.54) is 0 Å². The van der Waals surface area contributed by atoms with Crippen LogP contribution in [0.15, 0.2) is 0 Å². The lowest BCUT2D eigenvalue weighted by Crippen LogP contribution is -2.38. The summed E-state index contributed by atoms with van der Waals surface area (Å²) in [5, 5.41) is 0. The summed E-state index contributed by atoms with van der Waals surface area (Å²) in [6.07, 6.45) is 0.547. The molecule has 0 aromatic rings. The second kappa shape index (κ2) is 10.2. The number of thiocarbonyl (C=S) groups is 1. The molecule has 18 heavy (non-hydrogen) atoms. The van der Waals surface area contributed by atoms with Gasteiger partial charge in [-0.2, -0.15) is 0 Å². The van der Waals surface area contributed by atoms with Gasteiger partial charge in [-0.25, -0.2) is 0 Å². The van der Waals surface area contributed by atoms with Crippen molar-refractivity contribution in [2.75, 3.05) is 40.0 Å². The first-order valence-electron chi connectivity index (χ1n) is 6.10. The van der Waals surface area contributed by atoms with Gasteiger partial charge in [0.15, 0.2) is 0 Å². The number of ether oxygens (including phenoxy) is 2. The van der Waals surface area contributed by atoms with Gasteiger partial charge >= 0.3 is 0 Å². The molecule has 106 valence electrons. The number of carbonyl (C=O) groups excluding carboxylic acids is 1. The van der Waals surface area contributed by atoms with E-state index in [1.54, 1.807) is 12.0 Å². The van der Waals surface area contributed by atoms with Gasteiger partial charge in [-0.05, 0) is 5.92 Å². The second-order valence-corrected chi connectivity index (χ2v) is 5.02. The number of methoxy groups -OCH3 is 1. The summed E-state index contributed by atoms with van der Waals surface area (Å²) in [5.41, 5.74) is 5.46. The van der Waals surface area contributed by atoms with Crippen LogP contribution < -0.4 is 5.73 Å². The van der Waals surface area contributed by atoms with E-state index >= 15 is 0 Å². The summed E-state index contributed by atoms with van der Waals surface area (Å²) in [4.78, 5) is 14.1. The van der Waals surface area contributed by atoms with Gasteiger partial charge in [0.25, 0.3) is 0 Å². The van der Waals surface area contributed by atoms with Gasteiger partial charge in [-0.1, -0.05) is 26.1 Å². The molecule has 0 saturated carbocycles.